The molecular weight excluding hydrogens is 400 g/mol. The second-order valence-electron chi connectivity index (χ2n) is 8.67. The Kier molecular flexibility index (Phi) is 6.69. The van der Waals surface area contributed by atoms with Crippen LogP contribution in [0, 0.1) is 18.8 Å². The molecule has 0 unspecified atom stereocenters. The Morgan fingerprint density at radius 1 is 1.16 bits per heavy atom. The predicted molar refractivity (Wildman–Crippen MR) is 125 cm³/mol. The van der Waals surface area contributed by atoms with Gasteiger partial charge in [0.15, 0.2) is 0 Å². The molecule has 0 aliphatic carbocycles. The van der Waals surface area contributed by atoms with Crippen molar-refractivity contribution in [3.8, 4) is 11.1 Å². The van der Waals surface area contributed by atoms with E-state index < -0.39 is 0 Å². The van der Waals surface area contributed by atoms with Crippen molar-refractivity contribution in [3.05, 3.63) is 78.1 Å². The smallest absolute Gasteiger partial charge is 0.227 e. The Morgan fingerprint density at radius 2 is 1.97 bits per heavy atom. The molecule has 166 valence electrons. The molecule has 4 rings (SSSR count). The molecule has 1 aromatic heterocycles. The zero-order valence-corrected chi connectivity index (χ0v) is 18.7. The summed E-state index contributed by atoms with van der Waals surface area (Å²) in [5, 5.41) is 7.18. The van der Waals surface area contributed by atoms with E-state index in [-0.39, 0.29) is 23.7 Å². The van der Waals surface area contributed by atoms with E-state index in [2.05, 4.69) is 65.9 Å². The number of nitrogens with one attached hydrogen (secondary N) is 1. The summed E-state index contributed by atoms with van der Waals surface area (Å²) in [6.45, 7) is 6.01. The molecule has 2 aromatic carbocycles. The highest BCUT2D eigenvalue weighted by Crippen LogP contribution is 2.22. The number of carbonyl (C=O) groups is 2. The van der Waals surface area contributed by atoms with E-state index in [4.69, 9.17) is 0 Å². The van der Waals surface area contributed by atoms with Crippen LogP contribution in [0.5, 0.6) is 0 Å². The number of hydrogen-bond acceptors (Lipinski definition) is 3. The van der Waals surface area contributed by atoms with Crippen molar-refractivity contribution in [1.82, 2.24) is 20.0 Å². The second-order valence-corrected chi connectivity index (χ2v) is 8.67. The van der Waals surface area contributed by atoms with E-state index in [9.17, 15) is 9.59 Å². The van der Waals surface area contributed by atoms with Gasteiger partial charge in [-0.05, 0) is 36.1 Å². The number of aromatic nitrogens is 2. The van der Waals surface area contributed by atoms with Gasteiger partial charge in [-0.2, -0.15) is 5.10 Å². The molecule has 0 radical (unpaired) electrons. The summed E-state index contributed by atoms with van der Waals surface area (Å²) in [6.07, 6.45) is 4.18. The van der Waals surface area contributed by atoms with Gasteiger partial charge in [0.05, 0.1) is 18.4 Å². The summed E-state index contributed by atoms with van der Waals surface area (Å²) < 4.78 is 1.77. The van der Waals surface area contributed by atoms with Gasteiger partial charge in [-0.1, -0.05) is 61.0 Å². The summed E-state index contributed by atoms with van der Waals surface area (Å²) in [6, 6.07) is 18.7. The Balaban J connectivity index is 1.42. The summed E-state index contributed by atoms with van der Waals surface area (Å²) in [5.74, 6) is -0.375. The number of amides is 2. The van der Waals surface area contributed by atoms with Crippen molar-refractivity contribution in [2.75, 3.05) is 19.6 Å². The van der Waals surface area contributed by atoms with Gasteiger partial charge in [-0.25, -0.2) is 0 Å². The van der Waals surface area contributed by atoms with Crippen molar-refractivity contribution in [3.63, 3.8) is 0 Å². The number of carbonyl (C=O) groups excluding carboxylic acids is 2. The summed E-state index contributed by atoms with van der Waals surface area (Å²) in [4.78, 5) is 27.6. The molecule has 2 amide bonds. The van der Waals surface area contributed by atoms with Gasteiger partial charge in [-0.3, -0.25) is 14.3 Å². The zero-order valence-electron chi connectivity index (χ0n) is 18.7. The number of nitrogens with zero attached hydrogens (tertiary/aromatic N) is 3. The molecule has 1 aliphatic heterocycles. The van der Waals surface area contributed by atoms with Crippen LogP contribution in [0.3, 0.4) is 0 Å². The quantitative estimate of drug-likeness (QED) is 0.652. The lowest BCUT2D eigenvalue weighted by atomic mass is 9.95. The largest absolute Gasteiger partial charge is 0.354 e. The Hall–Kier alpha value is -3.41. The first-order valence-corrected chi connectivity index (χ1v) is 11.2. The molecular formula is C26H30N4O2. The lowest BCUT2D eigenvalue weighted by molar-refractivity contribution is -0.136. The molecule has 0 saturated carbocycles. The molecule has 2 heterocycles. The van der Waals surface area contributed by atoms with E-state index in [1.54, 1.807) is 10.9 Å². The van der Waals surface area contributed by atoms with Gasteiger partial charge in [0, 0.05) is 32.0 Å². The molecule has 6 heteroatoms. The summed E-state index contributed by atoms with van der Waals surface area (Å²) >= 11 is 0. The van der Waals surface area contributed by atoms with Crippen molar-refractivity contribution in [1.29, 1.82) is 0 Å². The van der Waals surface area contributed by atoms with Crippen LogP contribution in [-0.4, -0.2) is 46.1 Å². The molecule has 3 aromatic rings. The molecule has 6 nitrogen and oxygen atoms in total. The zero-order chi connectivity index (χ0) is 22.5. The van der Waals surface area contributed by atoms with Gasteiger partial charge in [0.2, 0.25) is 11.8 Å². The minimum atomic E-state index is -0.261. The van der Waals surface area contributed by atoms with Gasteiger partial charge in [0.25, 0.3) is 0 Å². The predicted octanol–water partition coefficient (Wildman–Crippen LogP) is 3.31. The third-order valence-corrected chi connectivity index (χ3v) is 6.03. The monoisotopic (exact) mass is 430 g/mol. The van der Waals surface area contributed by atoms with Crippen LogP contribution in [-0.2, 0) is 22.6 Å². The van der Waals surface area contributed by atoms with Crippen molar-refractivity contribution in [2.24, 2.45) is 11.8 Å². The van der Waals surface area contributed by atoms with Crippen LogP contribution in [0.1, 0.15) is 18.1 Å². The van der Waals surface area contributed by atoms with Gasteiger partial charge in [-0.15, -0.1) is 0 Å². The lowest BCUT2D eigenvalue weighted by Gasteiger charge is -2.26. The van der Waals surface area contributed by atoms with Crippen LogP contribution in [0.15, 0.2) is 67.0 Å². The number of rotatable bonds is 6. The van der Waals surface area contributed by atoms with Crippen LogP contribution < -0.4 is 5.32 Å². The second kappa shape index (κ2) is 9.81. The average Bonchev–Trinajstić information content (AvgIpc) is 3.23. The average molecular weight is 431 g/mol. The first-order valence-electron chi connectivity index (χ1n) is 11.2. The van der Waals surface area contributed by atoms with Crippen molar-refractivity contribution >= 4 is 11.8 Å². The maximum Gasteiger partial charge on any atom is 0.227 e. The van der Waals surface area contributed by atoms with Crippen LogP contribution >= 0.6 is 0 Å². The van der Waals surface area contributed by atoms with Crippen molar-refractivity contribution < 1.29 is 9.59 Å². The Morgan fingerprint density at radius 3 is 2.69 bits per heavy atom. The van der Waals surface area contributed by atoms with Gasteiger partial charge >= 0.3 is 0 Å². The fourth-order valence-electron chi connectivity index (χ4n) is 4.28. The van der Waals surface area contributed by atoms with Crippen LogP contribution in [0.25, 0.3) is 11.1 Å². The summed E-state index contributed by atoms with van der Waals surface area (Å²) in [5.41, 5.74) is 4.67. The first-order chi connectivity index (χ1) is 15.5. The highest BCUT2D eigenvalue weighted by Gasteiger charge is 2.30. The molecule has 1 N–H and O–H groups in total. The molecule has 32 heavy (non-hydrogen) atoms. The maximum absolute atomic E-state index is 13.1. The minimum absolute atomic E-state index is 0.0165. The van der Waals surface area contributed by atoms with Crippen LogP contribution in [0.4, 0.5) is 0 Å². The van der Waals surface area contributed by atoms with E-state index in [0.29, 0.717) is 32.6 Å². The number of hydrogen-bond donors (Lipinski definition) is 1. The first kappa shape index (κ1) is 21.8. The van der Waals surface area contributed by atoms with E-state index in [1.165, 1.54) is 11.1 Å². The minimum Gasteiger partial charge on any atom is -0.354 e. The normalized spacial score (nSPS) is 17.5. The number of benzene rings is 2. The lowest BCUT2D eigenvalue weighted by Crippen LogP contribution is -2.41. The highest BCUT2D eigenvalue weighted by atomic mass is 16.2. The number of aryl methyl sites for hydroxylation is 1. The Labute approximate surface area is 189 Å². The fraction of sp³-hybridized carbons (Fsp3) is 0.346. The third kappa shape index (κ3) is 5.25. The fourth-order valence-corrected chi connectivity index (χ4v) is 4.28. The molecule has 1 saturated heterocycles. The van der Waals surface area contributed by atoms with E-state index in [1.807, 2.05) is 24.1 Å². The van der Waals surface area contributed by atoms with E-state index in [0.717, 1.165) is 11.1 Å². The molecule has 0 bridgehead atoms. The molecule has 1 aliphatic rings. The standard InChI is InChI=1S/C26H30N4O2/c1-19-5-3-6-23(15-19)22-9-7-21(8-10-22)16-24-18-29(14-12-27-25(24)31)26(32)20(2)17-30-13-4-11-28-30/h3-11,13,15,20,24H,12,14,16-18H2,1-2H3,(H,27,31)/t20-,24-/m0/s1. The molecule has 0 spiro atoms. The topological polar surface area (TPSA) is 67.2 Å². The third-order valence-electron chi connectivity index (χ3n) is 6.03. The van der Waals surface area contributed by atoms with E-state index >= 15 is 0 Å². The maximum atomic E-state index is 13.1. The highest BCUT2D eigenvalue weighted by molar-refractivity contribution is 5.83. The summed E-state index contributed by atoms with van der Waals surface area (Å²) in [7, 11) is 0. The van der Waals surface area contributed by atoms with Gasteiger partial charge < -0.3 is 10.2 Å². The molecule has 1 fully saturated rings. The van der Waals surface area contributed by atoms with Crippen LogP contribution in [0.2, 0.25) is 0 Å². The Bertz CT molecular complexity index is 1060. The van der Waals surface area contributed by atoms with Gasteiger partial charge in [0.1, 0.15) is 0 Å². The van der Waals surface area contributed by atoms with Crippen molar-refractivity contribution in [2.45, 2.75) is 26.8 Å². The SMILES string of the molecule is Cc1cccc(-c2ccc(C[C@H]3CN(C(=O)[C@@H](C)Cn4cccn4)CCNC3=O)cc2)c1. The molecule has 2 atom stereocenters.